The van der Waals surface area contributed by atoms with E-state index < -0.39 is 17.6 Å². The standard InChI is InChI=1S/C23H28FN5O2.C15H21N5O2.C8H4F4O/c1-14-9-16(3-4-19(14)24)12-28-11-15(2)18(13-28)21-26-23(30)20-10-25-22(29(20)27-21)17-5-7-31-8-6-17;1-9-6-16-7-11(9)13-18-15(21)12-8-17-14(20(12)19-13)10-2-4-22-5-3-10;9-7-2-1-5(4-13)3-6(7)8(10,11)12/h3-4,9-10,15,17-18H,5-8,11-13H2,1-2H3,(H,26,27,30);8-11,16H,2-7H2,1H3,(H,18,19,21);1-4H. The number of rotatable bonds is 7. The summed E-state index contributed by atoms with van der Waals surface area (Å²) in [5, 5.41) is 12.9. The maximum absolute atomic E-state index is 13.6. The Morgan fingerprint density at radius 1 is 0.742 bits per heavy atom. The fourth-order valence-electron chi connectivity index (χ4n) is 9.29. The molecule has 4 aliphatic rings. The normalized spacial score (nSPS) is 22.0. The second-order valence-corrected chi connectivity index (χ2v) is 17.7. The van der Waals surface area contributed by atoms with Crippen molar-refractivity contribution in [3.05, 3.63) is 127 Å². The number of aldehydes is 1. The van der Waals surface area contributed by atoms with E-state index in [0.29, 0.717) is 65.5 Å². The summed E-state index contributed by atoms with van der Waals surface area (Å²) in [6.45, 7) is 13.4. The van der Waals surface area contributed by atoms with Crippen LogP contribution >= 0.6 is 0 Å². The summed E-state index contributed by atoms with van der Waals surface area (Å²) in [5.41, 5.74) is 0.924. The minimum atomic E-state index is -4.76. The highest BCUT2D eigenvalue weighted by molar-refractivity contribution is 5.75. The Hall–Kier alpha value is -5.70. The van der Waals surface area contributed by atoms with Crippen LogP contribution in [0.3, 0.4) is 0 Å². The number of nitrogens with one attached hydrogen (secondary N) is 3. The van der Waals surface area contributed by atoms with E-state index in [1.54, 1.807) is 28.3 Å². The van der Waals surface area contributed by atoms with Crippen LogP contribution in [0.1, 0.15) is 114 Å². The third-order valence-electron chi connectivity index (χ3n) is 13.0. The zero-order chi connectivity index (χ0) is 46.7. The van der Waals surface area contributed by atoms with Gasteiger partial charge in [0.2, 0.25) is 0 Å². The lowest BCUT2D eigenvalue weighted by atomic mass is 9.97. The molecule has 15 nitrogen and oxygen atoms in total. The van der Waals surface area contributed by atoms with Gasteiger partial charge in [-0.1, -0.05) is 26.0 Å². The molecule has 8 heterocycles. The summed E-state index contributed by atoms with van der Waals surface area (Å²) >= 11 is 0. The van der Waals surface area contributed by atoms with Crippen molar-refractivity contribution in [2.45, 2.75) is 82.8 Å². The Morgan fingerprint density at radius 2 is 1.30 bits per heavy atom. The summed E-state index contributed by atoms with van der Waals surface area (Å²) in [4.78, 5) is 52.6. The van der Waals surface area contributed by atoms with Crippen LogP contribution in [0, 0.1) is 30.4 Å². The lowest BCUT2D eigenvalue weighted by molar-refractivity contribution is -0.140. The van der Waals surface area contributed by atoms with Gasteiger partial charge >= 0.3 is 6.18 Å². The lowest BCUT2D eigenvalue weighted by Crippen LogP contribution is -2.24. The molecule has 0 radical (unpaired) electrons. The number of carbonyl (C=O) groups excluding carboxylic acids is 1. The Balaban J connectivity index is 0.000000147. The van der Waals surface area contributed by atoms with Crippen LogP contribution in [-0.2, 0) is 22.2 Å². The molecular weight excluding hydrogens is 868 g/mol. The van der Waals surface area contributed by atoms with Gasteiger partial charge in [-0.15, -0.1) is 0 Å². The molecule has 4 atom stereocenters. The molecule has 0 aliphatic carbocycles. The fourth-order valence-corrected chi connectivity index (χ4v) is 9.29. The average molecular weight is 921 g/mol. The Morgan fingerprint density at radius 3 is 1.82 bits per heavy atom. The molecule has 4 saturated heterocycles. The number of likely N-dealkylation sites (tertiary alicyclic amines) is 1. The summed E-state index contributed by atoms with van der Waals surface area (Å²) in [6.07, 6.45) is 2.39. The number of halogens is 5. The van der Waals surface area contributed by atoms with E-state index >= 15 is 0 Å². The van der Waals surface area contributed by atoms with Crippen LogP contribution < -0.4 is 16.4 Å². The Labute approximate surface area is 376 Å². The topological polar surface area (TPSA) is 177 Å². The van der Waals surface area contributed by atoms with Crippen LogP contribution in [0.15, 0.2) is 58.4 Å². The molecule has 0 spiro atoms. The first-order valence-corrected chi connectivity index (χ1v) is 22.3. The molecule has 4 aliphatic heterocycles. The van der Waals surface area contributed by atoms with E-state index in [-0.39, 0.29) is 46.5 Å². The van der Waals surface area contributed by atoms with Crippen LogP contribution in [0.4, 0.5) is 22.0 Å². The first kappa shape index (κ1) is 46.8. The van der Waals surface area contributed by atoms with Crippen molar-refractivity contribution >= 4 is 17.3 Å². The highest BCUT2D eigenvalue weighted by Gasteiger charge is 2.35. The SMILES string of the molecule is CC1CNCC1c1nn2c(C3CCOCC3)ncc2c(=O)[nH]1.Cc1cc(CN2CC(C)C(c3nn4c(C5CCOCC5)ncc4c(=O)[nH]3)C2)ccc1F.O=Cc1ccc(F)c(C(F)(F)F)c1. The number of hydrogen-bond acceptors (Lipinski definition) is 11. The molecule has 4 unspecified atom stereocenters. The minimum Gasteiger partial charge on any atom is -0.381 e. The molecule has 2 aromatic carbocycles. The molecule has 4 fully saturated rings. The van der Waals surface area contributed by atoms with Crippen LogP contribution in [-0.4, -0.2) is 103 Å². The molecule has 3 N–H and O–H groups in total. The molecule has 4 aromatic heterocycles. The van der Waals surface area contributed by atoms with Crippen molar-refractivity contribution in [2.24, 2.45) is 11.8 Å². The molecule has 0 bridgehead atoms. The second-order valence-electron chi connectivity index (χ2n) is 17.7. The van der Waals surface area contributed by atoms with Gasteiger partial charge in [0.05, 0.1) is 18.0 Å². The maximum Gasteiger partial charge on any atom is 0.419 e. The van der Waals surface area contributed by atoms with Crippen molar-refractivity contribution in [1.29, 1.82) is 0 Å². The first-order chi connectivity index (χ1) is 31.7. The monoisotopic (exact) mass is 920 g/mol. The zero-order valence-electron chi connectivity index (χ0n) is 36.9. The number of nitrogens with zero attached hydrogens (tertiary/aromatic N) is 7. The largest absolute Gasteiger partial charge is 0.419 e. The number of aromatic amines is 2. The summed E-state index contributed by atoms with van der Waals surface area (Å²) < 4.78 is 76.6. The van der Waals surface area contributed by atoms with Crippen molar-refractivity contribution in [2.75, 3.05) is 52.6 Å². The van der Waals surface area contributed by atoms with Crippen molar-refractivity contribution in [3.8, 4) is 0 Å². The number of aryl methyl sites for hydroxylation is 1. The second kappa shape index (κ2) is 20.0. The highest BCUT2D eigenvalue weighted by atomic mass is 19.4. The van der Waals surface area contributed by atoms with Crippen LogP contribution in [0.2, 0.25) is 0 Å². The van der Waals surface area contributed by atoms with E-state index in [1.165, 1.54) is 6.07 Å². The number of H-pyrrole nitrogens is 2. The first-order valence-electron chi connectivity index (χ1n) is 22.3. The maximum atomic E-state index is 13.6. The molecular formula is C46H53F5N10O5. The number of hydrogen-bond donors (Lipinski definition) is 3. The predicted octanol–water partition coefficient (Wildman–Crippen LogP) is 6.29. The number of ether oxygens (including phenoxy) is 2. The predicted molar refractivity (Wildman–Crippen MR) is 233 cm³/mol. The van der Waals surface area contributed by atoms with Gasteiger partial charge in [-0.2, -0.15) is 23.4 Å². The molecule has 0 amide bonds. The minimum absolute atomic E-state index is 0.102. The van der Waals surface area contributed by atoms with E-state index in [0.717, 1.165) is 101 Å². The summed E-state index contributed by atoms with van der Waals surface area (Å²) in [6, 6.07) is 7.36. The Kier molecular flexibility index (Phi) is 14.2. The third kappa shape index (κ3) is 10.3. The number of imidazole rings is 2. The number of carbonyl (C=O) groups is 1. The van der Waals surface area contributed by atoms with Gasteiger partial charge in [-0.05, 0) is 86.4 Å². The zero-order valence-corrected chi connectivity index (χ0v) is 36.9. The fraction of sp³-hybridized carbons (Fsp3) is 0.500. The van der Waals surface area contributed by atoms with Gasteiger partial charge in [0.1, 0.15) is 41.2 Å². The Bertz CT molecular complexity index is 2780. The van der Waals surface area contributed by atoms with Crippen LogP contribution in [0.25, 0.3) is 11.0 Å². The van der Waals surface area contributed by atoms with Gasteiger partial charge in [-0.25, -0.2) is 27.8 Å². The smallest absolute Gasteiger partial charge is 0.381 e. The molecule has 0 saturated carbocycles. The summed E-state index contributed by atoms with van der Waals surface area (Å²) in [7, 11) is 0. The molecule has 10 rings (SSSR count). The highest BCUT2D eigenvalue weighted by Crippen LogP contribution is 2.34. The molecule has 6 aromatic rings. The van der Waals surface area contributed by atoms with Crippen LogP contribution in [0.5, 0.6) is 0 Å². The number of fused-ring (bicyclic) bond motifs is 2. The summed E-state index contributed by atoms with van der Waals surface area (Å²) in [5.74, 6) is 3.45. The van der Waals surface area contributed by atoms with Gasteiger partial charge < -0.3 is 24.8 Å². The van der Waals surface area contributed by atoms with Gasteiger partial charge in [0.15, 0.2) is 11.0 Å². The van der Waals surface area contributed by atoms with Gasteiger partial charge in [0, 0.05) is 81.8 Å². The molecule has 352 valence electrons. The van der Waals surface area contributed by atoms with E-state index in [4.69, 9.17) is 19.7 Å². The molecule has 20 heteroatoms. The third-order valence-corrected chi connectivity index (χ3v) is 13.0. The quantitative estimate of drug-likeness (QED) is 0.121. The van der Waals surface area contributed by atoms with Crippen molar-refractivity contribution in [3.63, 3.8) is 0 Å². The van der Waals surface area contributed by atoms with E-state index in [2.05, 4.69) is 44.0 Å². The number of benzene rings is 2. The number of alkyl halides is 3. The van der Waals surface area contributed by atoms with Crippen molar-refractivity contribution < 1.29 is 36.2 Å². The average Bonchev–Trinajstić information content (AvgIpc) is 4.12. The molecule has 66 heavy (non-hydrogen) atoms. The van der Waals surface area contributed by atoms with Gasteiger partial charge in [0.25, 0.3) is 11.1 Å². The van der Waals surface area contributed by atoms with E-state index in [1.807, 2.05) is 12.1 Å². The van der Waals surface area contributed by atoms with E-state index in [9.17, 15) is 36.3 Å². The van der Waals surface area contributed by atoms with Gasteiger partial charge in [-0.3, -0.25) is 19.3 Å². The number of aromatic nitrogens is 8. The van der Waals surface area contributed by atoms with Crippen molar-refractivity contribution in [1.82, 2.24) is 49.4 Å². The lowest BCUT2D eigenvalue weighted by Gasteiger charge is -2.21.